The van der Waals surface area contributed by atoms with Crippen molar-refractivity contribution in [2.75, 3.05) is 0 Å². The quantitative estimate of drug-likeness (QED) is 0.489. The molecular weight excluding hydrogens is 266 g/mol. The summed E-state index contributed by atoms with van der Waals surface area (Å²) in [6.07, 6.45) is -2.14. The molecule has 0 spiro atoms. The summed E-state index contributed by atoms with van der Waals surface area (Å²) in [7, 11) is 0. The molecule has 1 aliphatic heterocycles. The van der Waals surface area contributed by atoms with Gasteiger partial charge in [0.05, 0.1) is 11.0 Å². The van der Waals surface area contributed by atoms with Crippen LogP contribution < -0.4 is 0 Å². The first-order valence-electron chi connectivity index (χ1n) is 7.08. The van der Waals surface area contributed by atoms with E-state index in [4.69, 9.17) is 4.74 Å². The van der Waals surface area contributed by atoms with Gasteiger partial charge in [0.1, 0.15) is 24.4 Å². The molecule has 4 nitrogen and oxygen atoms in total. The summed E-state index contributed by atoms with van der Waals surface area (Å²) in [5.74, 6) is 0. The molecule has 0 saturated carbocycles. The molecule has 0 radical (unpaired) electrons. The monoisotopic (exact) mass is 279 g/mol. The summed E-state index contributed by atoms with van der Waals surface area (Å²) < 4.78 is 5.49. The lowest BCUT2D eigenvalue weighted by Gasteiger charge is -2.24. The zero-order valence-corrected chi connectivity index (χ0v) is 11.1. The average Bonchev–Trinajstić information content (AvgIpc) is 3.30. The molecule has 2 N–H and O–H groups in total. The van der Waals surface area contributed by atoms with Crippen LogP contribution in [-0.2, 0) is 4.74 Å². The summed E-state index contributed by atoms with van der Waals surface area (Å²) in [5.41, 5.74) is 3.49. The van der Waals surface area contributed by atoms with E-state index in [1.807, 2.05) is 42.5 Å². The van der Waals surface area contributed by atoms with E-state index in [0.29, 0.717) is 0 Å². The van der Waals surface area contributed by atoms with E-state index in [1.165, 1.54) is 0 Å². The van der Waals surface area contributed by atoms with Crippen molar-refractivity contribution in [3.63, 3.8) is 0 Å². The molecule has 2 heterocycles. The Hall–Kier alpha value is -2.01. The molecular formula is C17H13NO3. The van der Waals surface area contributed by atoms with Gasteiger partial charge in [-0.25, -0.2) is 4.98 Å². The van der Waals surface area contributed by atoms with Crippen LogP contribution in [0, 0.1) is 0 Å². The standard InChI is InChI=1S/C17H13NO3/c19-14-13-9(16-17(21-16)15(14)20)5-6-12-10(13)7-8-3-1-2-4-11(8)18-12/h1-7,14-17,19-20H. The lowest BCUT2D eigenvalue weighted by molar-refractivity contribution is 0.000826. The maximum atomic E-state index is 10.4. The van der Waals surface area contributed by atoms with Gasteiger partial charge in [-0.3, -0.25) is 0 Å². The minimum absolute atomic E-state index is 0.0886. The van der Waals surface area contributed by atoms with Crippen molar-refractivity contribution in [3.05, 3.63) is 53.6 Å². The molecule has 0 amide bonds. The molecule has 4 unspecified atom stereocenters. The number of aliphatic hydroxyl groups excluding tert-OH is 2. The van der Waals surface area contributed by atoms with Crippen molar-refractivity contribution in [2.45, 2.75) is 24.4 Å². The Morgan fingerprint density at radius 1 is 1.00 bits per heavy atom. The lowest BCUT2D eigenvalue weighted by Crippen LogP contribution is -2.29. The number of fused-ring (bicyclic) bond motifs is 6. The lowest BCUT2D eigenvalue weighted by atomic mass is 9.85. The number of para-hydroxylation sites is 1. The van der Waals surface area contributed by atoms with Gasteiger partial charge in [0, 0.05) is 10.8 Å². The second-order valence-electron chi connectivity index (χ2n) is 5.77. The summed E-state index contributed by atoms with van der Waals surface area (Å²) >= 11 is 0. The molecule has 4 heteroatoms. The molecule has 4 atom stereocenters. The fourth-order valence-corrected chi connectivity index (χ4v) is 3.45. The van der Waals surface area contributed by atoms with Gasteiger partial charge in [0.25, 0.3) is 0 Å². The van der Waals surface area contributed by atoms with Gasteiger partial charge in [0.15, 0.2) is 0 Å². The Bertz CT molecular complexity index is 892. The SMILES string of the molecule is OC1c2c(ccc3nc4ccccc4cc23)C2OC2C1O. The van der Waals surface area contributed by atoms with Crippen molar-refractivity contribution >= 4 is 21.8 Å². The number of aliphatic hydroxyl groups is 2. The van der Waals surface area contributed by atoms with Crippen LogP contribution in [0.25, 0.3) is 21.8 Å². The first kappa shape index (κ1) is 11.6. The molecule has 0 bridgehead atoms. The summed E-state index contributed by atoms with van der Waals surface area (Å²) in [5, 5.41) is 22.5. The van der Waals surface area contributed by atoms with Gasteiger partial charge >= 0.3 is 0 Å². The van der Waals surface area contributed by atoms with Crippen LogP contribution >= 0.6 is 0 Å². The fourth-order valence-electron chi connectivity index (χ4n) is 3.45. The molecule has 2 aromatic carbocycles. The third-order valence-electron chi connectivity index (χ3n) is 4.56. The highest BCUT2D eigenvalue weighted by molar-refractivity contribution is 5.95. The van der Waals surface area contributed by atoms with Crippen molar-refractivity contribution < 1.29 is 14.9 Å². The van der Waals surface area contributed by atoms with Gasteiger partial charge in [-0.15, -0.1) is 0 Å². The molecule has 1 aromatic heterocycles. The molecule has 3 aromatic rings. The van der Waals surface area contributed by atoms with Crippen molar-refractivity contribution in [2.24, 2.45) is 0 Å². The van der Waals surface area contributed by atoms with Crippen molar-refractivity contribution in [3.8, 4) is 0 Å². The number of nitrogens with zero attached hydrogens (tertiary/aromatic N) is 1. The number of hydrogen-bond acceptors (Lipinski definition) is 4. The van der Waals surface area contributed by atoms with Crippen LogP contribution in [0.3, 0.4) is 0 Å². The van der Waals surface area contributed by atoms with Crippen molar-refractivity contribution in [1.29, 1.82) is 0 Å². The molecule has 5 rings (SSSR count). The summed E-state index contributed by atoms with van der Waals surface area (Å²) in [6.45, 7) is 0. The largest absolute Gasteiger partial charge is 0.387 e. The van der Waals surface area contributed by atoms with E-state index in [-0.39, 0.29) is 12.2 Å². The highest BCUT2D eigenvalue weighted by Gasteiger charge is 2.54. The van der Waals surface area contributed by atoms with Gasteiger partial charge in [-0.1, -0.05) is 24.3 Å². The fraction of sp³-hybridized carbons (Fsp3) is 0.235. The second-order valence-corrected chi connectivity index (χ2v) is 5.77. The second kappa shape index (κ2) is 3.80. The first-order valence-corrected chi connectivity index (χ1v) is 7.08. The maximum Gasteiger partial charge on any atom is 0.118 e. The van der Waals surface area contributed by atoms with Crippen LogP contribution in [0.5, 0.6) is 0 Å². The molecule has 2 aliphatic rings. The third-order valence-corrected chi connectivity index (χ3v) is 4.56. The number of rotatable bonds is 0. The van der Waals surface area contributed by atoms with Crippen LogP contribution in [0.2, 0.25) is 0 Å². The Kier molecular flexibility index (Phi) is 2.10. The Morgan fingerprint density at radius 2 is 1.86 bits per heavy atom. The van der Waals surface area contributed by atoms with E-state index < -0.39 is 12.2 Å². The van der Waals surface area contributed by atoms with Gasteiger partial charge in [-0.05, 0) is 29.3 Å². The Morgan fingerprint density at radius 3 is 2.76 bits per heavy atom. The van der Waals surface area contributed by atoms with Crippen LogP contribution in [0.4, 0.5) is 0 Å². The predicted molar refractivity (Wildman–Crippen MR) is 77.8 cm³/mol. The predicted octanol–water partition coefficient (Wildman–Crippen LogP) is 2.24. The minimum atomic E-state index is -0.921. The van der Waals surface area contributed by atoms with Crippen molar-refractivity contribution in [1.82, 2.24) is 4.98 Å². The Balaban J connectivity index is 1.88. The molecule has 21 heavy (non-hydrogen) atoms. The molecule has 1 saturated heterocycles. The summed E-state index contributed by atoms with van der Waals surface area (Å²) in [4.78, 5) is 4.65. The molecule has 1 fully saturated rings. The van der Waals surface area contributed by atoms with E-state index >= 15 is 0 Å². The van der Waals surface area contributed by atoms with Gasteiger partial charge < -0.3 is 14.9 Å². The van der Waals surface area contributed by atoms with Crippen LogP contribution in [0.1, 0.15) is 23.3 Å². The smallest absolute Gasteiger partial charge is 0.118 e. The van der Waals surface area contributed by atoms with Crippen LogP contribution in [-0.4, -0.2) is 27.4 Å². The Labute approximate surface area is 120 Å². The van der Waals surface area contributed by atoms with E-state index in [1.54, 1.807) is 0 Å². The number of benzene rings is 2. The topological polar surface area (TPSA) is 65.9 Å². The number of pyridine rings is 1. The highest BCUT2D eigenvalue weighted by atomic mass is 16.6. The maximum absolute atomic E-state index is 10.4. The summed E-state index contributed by atoms with van der Waals surface area (Å²) in [6, 6.07) is 13.9. The molecule has 1 aliphatic carbocycles. The van der Waals surface area contributed by atoms with Crippen LogP contribution in [0.15, 0.2) is 42.5 Å². The molecule has 104 valence electrons. The van der Waals surface area contributed by atoms with Gasteiger partial charge in [0.2, 0.25) is 0 Å². The first-order chi connectivity index (χ1) is 10.2. The number of aromatic nitrogens is 1. The van der Waals surface area contributed by atoms with E-state index in [0.717, 1.165) is 32.9 Å². The van der Waals surface area contributed by atoms with E-state index in [2.05, 4.69) is 4.98 Å². The zero-order chi connectivity index (χ0) is 14.1. The number of ether oxygens (including phenoxy) is 1. The minimum Gasteiger partial charge on any atom is -0.387 e. The van der Waals surface area contributed by atoms with E-state index in [9.17, 15) is 10.2 Å². The zero-order valence-electron chi connectivity index (χ0n) is 11.1. The number of hydrogen-bond donors (Lipinski definition) is 2. The normalized spacial score (nSPS) is 30.2. The van der Waals surface area contributed by atoms with Gasteiger partial charge in [-0.2, -0.15) is 0 Å². The third kappa shape index (κ3) is 1.47. The average molecular weight is 279 g/mol. The highest BCUT2D eigenvalue weighted by Crippen LogP contribution is 2.52. The number of epoxide rings is 1.